The predicted molar refractivity (Wildman–Crippen MR) is 212 cm³/mol. The zero-order valence-electron chi connectivity index (χ0n) is 29.4. The van der Waals surface area contributed by atoms with Gasteiger partial charge in [-0.2, -0.15) is 0 Å². The van der Waals surface area contributed by atoms with E-state index in [2.05, 4.69) is 44.2 Å². The first-order chi connectivity index (χ1) is 26.6. The van der Waals surface area contributed by atoms with Crippen molar-refractivity contribution in [2.24, 2.45) is 20.0 Å². The van der Waals surface area contributed by atoms with Crippen molar-refractivity contribution in [3.63, 3.8) is 0 Å². The van der Waals surface area contributed by atoms with Crippen LogP contribution in [0.15, 0.2) is 154 Å². The highest BCUT2D eigenvalue weighted by atomic mass is 16.1. The first kappa shape index (κ1) is 33.1. The molecule has 2 aromatic heterocycles. The molecule has 4 aromatic carbocycles. The molecule has 8 nitrogen and oxygen atoms in total. The number of hydrogen-bond donors (Lipinski definition) is 0. The molecule has 0 saturated carbocycles. The van der Waals surface area contributed by atoms with Gasteiger partial charge in [-0.05, 0) is 69.8 Å². The quantitative estimate of drug-likeness (QED) is 0.162. The summed E-state index contributed by atoms with van der Waals surface area (Å²) < 4.78 is 0. The van der Waals surface area contributed by atoms with Crippen LogP contribution < -0.4 is 0 Å². The largest absolute Gasteiger partial charge is 0.292 e. The number of carbonyl (C=O) groups is 2. The van der Waals surface area contributed by atoms with Crippen molar-refractivity contribution >= 4 is 45.8 Å². The van der Waals surface area contributed by atoms with Gasteiger partial charge in [0, 0.05) is 72.7 Å². The number of aliphatic imine (C=N–C) groups is 4. The van der Waals surface area contributed by atoms with Gasteiger partial charge in [0.1, 0.15) is 0 Å². The second-order valence-corrected chi connectivity index (χ2v) is 13.7. The molecule has 0 radical (unpaired) electrons. The van der Waals surface area contributed by atoms with Gasteiger partial charge in [0.2, 0.25) is 0 Å². The van der Waals surface area contributed by atoms with Gasteiger partial charge in [0.15, 0.2) is 11.6 Å². The summed E-state index contributed by atoms with van der Waals surface area (Å²) in [5, 5.41) is 0. The highest BCUT2D eigenvalue weighted by Gasteiger charge is 2.27. The van der Waals surface area contributed by atoms with Crippen LogP contribution in [0.1, 0.15) is 55.6 Å². The fraction of sp³-hybridized carbons (Fsp3) is 0.130. The minimum atomic E-state index is 0.0978. The highest BCUT2D eigenvalue weighted by Crippen LogP contribution is 2.36. The smallest absolute Gasteiger partial charge is 0.181 e. The van der Waals surface area contributed by atoms with E-state index in [0.29, 0.717) is 50.2 Å². The Hall–Kier alpha value is -6.80. The molecule has 54 heavy (non-hydrogen) atoms. The maximum atomic E-state index is 12.7. The maximum absolute atomic E-state index is 12.7. The van der Waals surface area contributed by atoms with E-state index in [-0.39, 0.29) is 11.6 Å². The monoisotopic (exact) mass is 702 g/mol. The molecular formula is C46H34N6O2. The van der Waals surface area contributed by atoms with Gasteiger partial charge < -0.3 is 0 Å². The number of benzene rings is 4. The third-order valence-electron chi connectivity index (χ3n) is 10.1. The third-order valence-corrected chi connectivity index (χ3v) is 10.1. The van der Waals surface area contributed by atoms with E-state index in [1.165, 1.54) is 11.1 Å². The Balaban J connectivity index is 0.000000142. The first-order valence-corrected chi connectivity index (χ1v) is 18.1. The minimum Gasteiger partial charge on any atom is -0.292 e. The molecule has 4 aliphatic rings. The summed E-state index contributed by atoms with van der Waals surface area (Å²) in [4.78, 5) is 52.2. The molecule has 0 aliphatic carbocycles. The lowest BCUT2D eigenvalue weighted by atomic mass is 9.96. The summed E-state index contributed by atoms with van der Waals surface area (Å²) in [6, 6.07) is 36.0. The van der Waals surface area contributed by atoms with E-state index in [1.54, 1.807) is 24.8 Å². The molecule has 0 bridgehead atoms. The molecule has 0 atom stereocenters. The Morgan fingerprint density at radius 1 is 0.481 bits per heavy atom. The van der Waals surface area contributed by atoms with Crippen LogP contribution in [0, 0.1) is 0 Å². The third kappa shape index (κ3) is 6.65. The van der Waals surface area contributed by atoms with Crippen LogP contribution in [0.2, 0.25) is 0 Å². The second kappa shape index (κ2) is 14.3. The normalized spacial score (nSPS) is 14.4. The van der Waals surface area contributed by atoms with Crippen molar-refractivity contribution in [1.82, 2.24) is 9.97 Å². The summed E-state index contributed by atoms with van der Waals surface area (Å²) in [6.45, 7) is 1.35. The molecule has 0 fully saturated rings. The molecule has 6 heterocycles. The summed E-state index contributed by atoms with van der Waals surface area (Å²) in [5.41, 5.74) is 16.1. The van der Waals surface area contributed by atoms with Crippen molar-refractivity contribution in [2.75, 3.05) is 0 Å². The van der Waals surface area contributed by atoms with E-state index in [1.807, 2.05) is 84.9 Å². The molecule has 0 saturated heterocycles. The summed E-state index contributed by atoms with van der Waals surface area (Å²) in [7, 11) is 0. The first-order valence-electron chi connectivity index (χ1n) is 18.1. The number of carbonyl (C=O) groups excluding carboxylic acids is 2. The number of ketones is 2. The number of pyridine rings is 2. The van der Waals surface area contributed by atoms with Crippen molar-refractivity contribution in [1.29, 1.82) is 0 Å². The van der Waals surface area contributed by atoms with Gasteiger partial charge >= 0.3 is 0 Å². The van der Waals surface area contributed by atoms with Crippen LogP contribution in [0.25, 0.3) is 0 Å². The standard InChI is InChI=1S/2C23H17N3O/c2*27-22(10-15-4-2-1-3-5-15)21-12-17-11-18-14-25-23(16-6-8-24-9-7-16)19(18)13-20(17)26-21/h2*1-9,11,13H,10,12,14H2. The van der Waals surface area contributed by atoms with Gasteiger partial charge in [-0.3, -0.25) is 29.5 Å². The zero-order valence-corrected chi connectivity index (χ0v) is 29.4. The zero-order chi connectivity index (χ0) is 36.4. The van der Waals surface area contributed by atoms with Crippen molar-refractivity contribution in [2.45, 2.75) is 38.8 Å². The van der Waals surface area contributed by atoms with Gasteiger partial charge in [-0.1, -0.05) is 72.8 Å². The molecule has 10 rings (SSSR count). The lowest BCUT2D eigenvalue weighted by molar-refractivity contribution is -0.113. The number of nitrogens with zero attached hydrogens (tertiary/aromatic N) is 6. The number of aromatic nitrogens is 2. The minimum absolute atomic E-state index is 0.0978. The summed E-state index contributed by atoms with van der Waals surface area (Å²) in [5.74, 6) is 0.196. The number of fused-ring (bicyclic) bond motifs is 4. The van der Waals surface area contributed by atoms with Gasteiger partial charge in [0.25, 0.3) is 0 Å². The van der Waals surface area contributed by atoms with Crippen LogP contribution in [0.3, 0.4) is 0 Å². The highest BCUT2D eigenvalue weighted by molar-refractivity contribution is 6.43. The Labute approximate surface area is 312 Å². The van der Waals surface area contributed by atoms with Gasteiger partial charge in [-0.15, -0.1) is 0 Å². The van der Waals surface area contributed by atoms with Gasteiger partial charge in [-0.25, -0.2) is 9.98 Å². The Bertz CT molecular complexity index is 2380. The van der Waals surface area contributed by atoms with E-state index >= 15 is 0 Å². The van der Waals surface area contributed by atoms with Gasteiger partial charge in [0.05, 0.1) is 47.3 Å². The number of hydrogen-bond acceptors (Lipinski definition) is 8. The van der Waals surface area contributed by atoms with E-state index in [4.69, 9.17) is 9.98 Å². The molecule has 6 aromatic rings. The van der Waals surface area contributed by atoms with Crippen LogP contribution in [0.5, 0.6) is 0 Å². The molecule has 4 aliphatic heterocycles. The topological polar surface area (TPSA) is 109 Å². The molecule has 260 valence electrons. The van der Waals surface area contributed by atoms with E-state index in [0.717, 1.165) is 67.3 Å². The van der Waals surface area contributed by atoms with Crippen LogP contribution >= 0.6 is 0 Å². The average molecular weight is 703 g/mol. The molecule has 0 amide bonds. The Morgan fingerprint density at radius 2 is 0.889 bits per heavy atom. The molecule has 0 N–H and O–H groups in total. The van der Waals surface area contributed by atoms with Crippen LogP contribution in [0.4, 0.5) is 11.4 Å². The van der Waals surface area contributed by atoms with Crippen molar-refractivity contribution in [3.8, 4) is 0 Å². The lowest BCUT2D eigenvalue weighted by Crippen LogP contribution is -2.16. The maximum Gasteiger partial charge on any atom is 0.181 e. The fourth-order valence-electron chi connectivity index (χ4n) is 7.39. The molecule has 0 unspecified atom stereocenters. The molecule has 0 spiro atoms. The number of Topliss-reactive ketones (excluding diaryl/α,β-unsaturated/α-hetero) is 2. The average Bonchev–Trinajstić information content (AvgIpc) is 4.02. The predicted octanol–water partition coefficient (Wildman–Crippen LogP) is 7.75. The van der Waals surface area contributed by atoms with Crippen molar-refractivity contribution < 1.29 is 9.59 Å². The molecule has 8 heteroatoms. The Kier molecular flexibility index (Phi) is 8.77. The number of rotatable bonds is 8. The SMILES string of the molecule is O=C(Cc1ccccc1)C1=Nc2cc3c(cc2C1)CN=C3c1ccncc1.O=C(Cc1ccccc1)C1=Nc2cc3c(cc2C1)CN=C3c1ccncc1. The summed E-state index contributed by atoms with van der Waals surface area (Å²) >= 11 is 0. The fourth-order valence-corrected chi connectivity index (χ4v) is 7.39. The van der Waals surface area contributed by atoms with Crippen LogP contribution in [-0.4, -0.2) is 44.4 Å². The van der Waals surface area contributed by atoms with Crippen LogP contribution in [-0.2, 0) is 48.4 Å². The molecular weight excluding hydrogens is 669 g/mol. The van der Waals surface area contributed by atoms with E-state index in [9.17, 15) is 9.59 Å². The van der Waals surface area contributed by atoms with E-state index < -0.39 is 0 Å². The second-order valence-electron chi connectivity index (χ2n) is 13.7. The van der Waals surface area contributed by atoms with Crippen molar-refractivity contribution in [3.05, 3.63) is 190 Å². The Morgan fingerprint density at radius 3 is 1.30 bits per heavy atom. The lowest BCUT2D eigenvalue weighted by Gasteiger charge is -2.06. The summed E-state index contributed by atoms with van der Waals surface area (Å²) in [6.07, 6.45) is 9.14.